The Labute approximate surface area is 178 Å². The van der Waals surface area contributed by atoms with Gasteiger partial charge in [-0.2, -0.15) is 0 Å². The van der Waals surface area contributed by atoms with Crippen LogP contribution in [0.4, 0.5) is 4.79 Å². The summed E-state index contributed by atoms with van der Waals surface area (Å²) in [6.45, 7) is 5.60. The van der Waals surface area contributed by atoms with E-state index in [0.29, 0.717) is 12.1 Å². The van der Waals surface area contributed by atoms with Gasteiger partial charge < -0.3 is 19.9 Å². The summed E-state index contributed by atoms with van der Waals surface area (Å²) in [6, 6.07) is 6.19. The van der Waals surface area contributed by atoms with Gasteiger partial charge >= 0.3 is 6.03 Å². The third-order valence-corrected chi connectivity index (χ3v) is 6.55. The lowest BCUT2D eigenvalue weighted by atomic mass is 9.96. The van der Waals surface area contributed by atoms with Gasteiger partial charge in [0.2, 0.25) is 0 Å². The lowest BCUT2D eigenvalue weighted by Crippen LogP contribution is -2.48. The molecule has 1 saturated carbocycles. The number of aromatic amines is 1. The average molecular weight is 412 g/mol. The van der Waals surface area contributed by atoms with Gasteiger partial charge in [-0.1, -0.05) is 31.4 Å². The van der Waals surface area contributed by atoms with Crippen molar-refractivity contribution in [2.45, 2.75) is 77.5 Å². The lowest BCUT2D eigenvalue weighted by Gasteiger charge is -2.30. The molecule has 0 unspecified atom stereocenters. The predicted octanol–water partition coefficient (Wildman–Crippen LogP) is 4.17. The number of benzene rings is 1. The van der Waals surface area contributed by atoms with Crippen LogP contribution >= 0.6 is 0 Å². The Kier molecular flexibility index (Phi) is 6.42. The van der Waals surface area contributed by atoms with E-state index in [4.69, 9.17) is 4.74 Å². The number of carbonyl (C=O) groups is 1. The number of hydrogen-bond acceptors (Lipinski definition) is 3. The molecule has 162 valence electrons. The van der Waals surface area contributed by atoms with E-state index in [1.807, 2.05) is 26.0 Å². The predicted molar refractivity (Wildman–Crippen MR) is 119 cm³/mol. The summed E-state index contributed by atoms with van der Waals surface area (Å²) in [4.78, 5) is 30.8. The topological polar surface area (TPSA) is 74.4 Å². The Bertz CT molecular complexity index is 956. The summed E-state index contributed by atoms with van der Waals surface area (Å²) < 4.78 is 5.79. The molecule has 2 aromatic rings. The van der Waals surface area contributed by atoms with Gasteiger partial charge in [0, 0.05) is 30.1 Å². The number of nitrogens with zero attached hydrogens (tertiary/aromatic N) is 1. The number of rotatable bonds is 5. The normalized spacial score (nSPS) is 19.9. The molecule has 1 aromatic heterocycles. The molecule has 2 heterocycles. The first-order valence-electron chi connectivity index (χ1n) is 11.3. The second-order valence-electron chi connectivity index (χ2n) is 8.91. The van der Waals surface area contributed by atoms with Crippen LogP contribution in [0.2, 0.25) is 0 Å². The summed E-state index contributed by atoms with van der Waals surface area (Å²) in [5.41, 5.74) is 3.53. The third kappa shape index (κ3) is 4.69. The van der Waals surface area contributed by atoms with Gasteiger partial charge in [-0.05, 0) is 56.7 Å². The molecule has 0 radical (unpaired) electrons. The number of aryl methyl sites for hydroxylation is 2. The van der Waals surface area contributed by atoms with E-state index in [9.17, 15) is 9.59 Å². The summed E-state index contributed by atoms with van der Waals surface area (Å²) in [7, 11) is 0. The molecule has 30 heavy (non-hydrogen) atoms. The van der Waals surface area contributed by atoms with Crippen molar-refractivity contribution in [3.05, 3.63) is 45.2 Å². The van der Waals surface area contributed by atoms with Crippen LogP contribution in [-0.2, 0) is 11.3 Å². The van der Waals surface area contributed by atoms with Crippen LogP contribution < -0.4 is 10.9 Å². The van der Waals surface area contributed by atoms with Gasteiger partial charge in [0.15, 0.2) is 0 Å². The van der Waals surface area contributed by atoms with E-state index in [2.05, 4.69) is 16.4 Å². The number of fused-ring (bicyclic) bond motifs is 1. The fourth-order valence-electron chi connectivity index (χ4n) is 4.71. The molecule has 1 atom stereocenters. The zero-order valence-electron chi connectivity index (χ0n) is 18.1. The Hall–Kier alpha value is -2.34. The highest BCUT2D eigenvalue weighted by Crippen LogP contribution is 2.22. The molecule has 2 aliphatic rings. The van der Waals surface area contributed by atoms with Crippen LogP contribution in [0.3, 0.4) is 0 Å². The maximum Gasteiger partial charge on any atom is 0.318 e. The van der Waals surface area contributed by atoms with Crippen molar-refractivity contribution in [1.29, 1.82) is 0 Å². The highest BCUT2D eigenvalue weighted by atomic mass is 16.5. The zero-order chi connectivity index (χ0) is 21.1. The number of aromatic nitrogens is 1. The van der Waals surface area contributed by atoms with Crippen molar-refractivity contribution >= 4 is 16.9 Å². The molecule has 2 fully saturated rings. The minimum atomic E-state index is -0.126. The van der Waals surface area contributed by atoms with Crippen molar-refractivity contribution in [2.24, 2.45) is 0 Å². The van der Waals surface area contributed by atoms with E-state index >= 15 is 0 Å². The average Bonchev–Trinajstić information content (AvgIpc) is 3.25. The molecular weight excluding hydrogens is 378 g/mol. The van der Waals surface area contributed by atoms with Crippen LogP contribution in [0.25, 0.3) is 10.9 Å². The largest absolute Gasteiger partial charge is 0.376 e. The molecule has 4 rings (SSSR count). The minimum Gasteiger partial charge on any atom is -0.376 e. The van der Waals surface area contributed by atoms with Gasteiger partial charge in [-0.25, -0.2) is 4.79 Å². The molecule has 0 bridgehead atoms. The van der Waals surface area contributed by atoms with Gasteiger partial charge in [0.1, 0.15) is 0 Å². The summed E-state index contributed by atoms with van der Waals surface area (Å²) in [5, 5.41) is 4.25. The number of urea groups is 1. The smallest absolute Gasteiger partial charge is 0.318 e. The Morgan fingerprint density at radius 3 is 2.63 bits per heavy atom. The van der Waals surface area contributed by atoms with Crippen LogP contribution in [0.15, 0.2) is 23.0 Å². The third-order valence-electron chi connectivity index (χ3n) is 6.55. The van der Waals surface area contributed by atoms with Crippen molar-refractivity contribution < 1.29 is 9.53 Å². The zero-order valence-corrected chi connectivity index (χ0v) is 18.1. The number of pyridine rings is 1. The first kappa shape index (κ1) is 20.9. The molecule has 6 heteroatoms. The maximum atomic E-state index is 13.1. The number of carbonyl (C=O) groups excluding carboxylic acids is 1. The second-order valence-corrected chi connectivity index (χ2v) is 8.91. The van der Waals surface area contributed by atoms with Crippen molar-refractivity contribution in [3.8, 4) is 0 Å². The fraction of sp³-hybridized carbons (Fsp3) is 0.583. The van der Waals surface area contributed by atoms with Crippen LogP contribution in [0.1, 0.15) is 61.6 Å². The van der Waals surface area contributed by atoms with E-state index in [1.54, 1.807) is 4.90 Å². The molecular formula is C24H33N3O3. The highest BCUT2D eigenvalue weighted by molar-refractivity contribution is 5.85. The maximum absolute atomic E-state index is 13.1. The first-order valence-corrected chi connectivity index (χ1v) is 11.3. The van der Waals surface area contributed by atoms with Gasteiger partial charge in [0.25, 0.3) is 5.56 Å². The number of H-pyrrole nitrogens is 1. The van der Waals surface area contributed by atoms with Gasteiger partial charge in [-0.15, -0.1) is 0 Å². The van der Waals surface area contributed by atoms with Gasteiger partial charge in [0.05, 0.1) is 18.2 Å². The quantitative estimate of drug-likeness (QED) is 0.775. The summed E-state index contributed by atoms with van der Waals surface area (Å²) >= 11 is 0. The van der Waals surface area contributed by atoms with E-state index in [1.165, 1.54) is 19.3 Å². The molecule has 0 spiro atoms. The van der Waals surface area contributed by atoms with Crippen molar-refractivity contribution in [1.82, 2.24) is 15.2 Å². The molecule has 1 saturated heterocycles. The molecule has 6 nitrogen and oxygen atoms in total. The number of amides is 2. The molecule has 1 aliphatic carbocycles. The molecule has 1 aliphatic heterocycles. The number of ether oxygens (including phenoxy) is 1. The standard InChI is InChI=1S/C24H33N3O3/c1-16-10-11-17(2)22-21(16)13-18(23(28)26-22)14-27(15-20-9-6-12-30-20)24(29)25-19-7-4-3-5-8-19/h10-11,13,19-20H,3-9,12,14-15H2,1-2H3,(H,25,29)(H,26,28)/t20-/m0/s1. The molecule has 1 aromatic carbocycles. The first-order chi connectivity index (χ1) is 14.5. The van der Waals surface area contributed by atoms with E-state index < -0.39 is 0 Å². The SMILES string of the molecule is Cc1ccc(C)c2[nH]c(=O)c(CN(C[C@@H]3CCCO3)C(=O)NC3CCCCC3)cc12. The fourth-order valence-corrected chi connectivity index (χ4v) is 4.71. The van der Waals surface area contributed by atoms with E-state index in [-0.39, 0.29) is 30.3 Å². The highest BCUT2D eigenvalue weighted by Gasteiger charge is 2.26. The monoisotopic (exact) mass is 411 g/mol. The molecule has 2 N–H and O–H groups in total. The molecule has 2 amide bonds. The Morgan fingerprint density at radius 1 is 1.13 bits per heavy atom. The summed E-state index contributed by atoms with van der Waals surface area (Å²) in [5.74, 6) is 0. The van der Waals surface area contributed by atoms with Gasteiger partial charge in [-0.3, -0.25) is 4.79 Å². The minimum absolute atomic E-state index is 0.0469. The second kappa shape index (κ2) is 9.21. The van der Waals surface area contributed by atoms with E-state index in [0.717, 1.165) is 54.3 Å². The van der Waals surface area contributed by atoms with Crippen LogP contribution in [0.5, 0.6) is 0 Å². The Morgan fingerprint density at radius 2 is 1.90 bits per heavy atom. The Balaban J connectivity index is 1.58. The lowest BCUT2D eigenvalue weighted by molar-refractivity contribution is 0.0784. The number of hydrogen-bond donors (Lipinski definition) is 2. The van der Waals surface area contributed by atoms with Crippen LogP contribution in [0, 0.1) is 13.8 Å². The van der Waals surface area contributed by atoms with Crippen molar-refractivity contribution in [2.75, 3.05) is 13.2 Å². The van der Waals surface area contributed by atoms with Crippen molar-refractivity contribution in [3.63, 3.8) is 0 Å². The van der Waals surface area contributed by atoms with Crippen LogP contribution in [-0.4, -0.2) is 41.2 Å². The summed E-state index contributed by atoms with van der Waals surface area (Å²) in [6.07, 6.45) is 7.68. The number of nitrogens with one attached hydrogen (secondary N) is 2.